The molecule has 0 aromatic heterocycles. The van der Waals surface area contributed by atoms with Crippen molar-refractivity contribution in [1.82, 2.24) is 0 Å². The first-order valence-electron chi connectivity index (χ1n) is 23.1. The van der Waals surface area contributed by atoms with E-state index in [1.165, 1.54) is 0 Å². The highest BCUT2D eigenvalue weighted by Gasteiger charge is 2.33. The number of benzene rings is 3. The predicted octanol–water partition coefficient (Wildman–Crippen LogP) is 13.2. The maximum absolute atomic E-state index is 14.4. The van der Waals surface area contributed by atoms with E-state index in [4.69, 9.17) is 14.2 Å². The van der Waals surface area contributed by atoms with E-state index in [0.717, 1.165) is 50.1 Å². The van der Waals surface area contributed by atoms with E-state index in [1.807, 2.05) is 77.9 Å². The van der Waals surface area contributed by atoms with E-state index in [1.54, 1.807) is 13.0 Å². The molecule has 8 nitrogen and oxygen atoms in total. The van der Waals surface area contributed by atoms with Crippen LogP contribution < -0.4 is 4.74 Å². The van der Waals surface area contributed by atoms with E-state index in [0.29, 0.717) is 37.2 Å². The number of esters is 3. The molecule has 0 bridgehead atoms. The van der Waals surface area contributed by atoms with Crippen LogP contribution in [-0.4, -0.2) is 34.4 Å². The van der Waals surface area contributed by atoms with Crippen LogP contribution in [0.15, 0.2) is 49.1 Å². The second-order valence-electron chi connectivity index (χ2n) is 24.0. The van der Waals surface area contributed by atoms with E-state index in [9.17, 15) is 24.6 Å². The number of carbonyl (C=O) groups excluding carboxylic acids is 3. The van der Waals surface area contributed by atoms with Gasteiger partial charge in [-0.05, 0) is 97.1 Å². The quantitative estimate of drug-likeness (QED) is 0.0711. The molecule has 0 spiro atoms. The van der Waals surface area contributed by atoms with Crippen molar-refractivity contribution in [2.24, 2.45) is 5.92 Å². The highest BCUT2D eigenvalue weighted by atomic mass is 16.7. The molecule has 354 valence electrons. The minimum absolute atomic E-state index is 0.0496. The molecular formula is C56H82O8. The average Bonchev–Trinajstić information content (AvgIpc) is 3.11. The number of aromatic hydroxyl groups is 2. The van der Waals surface area contributed by atoms with E-state index in [2.05, 4.69) is 89.7 Å². The second kappa shape index (κ2) is 19.9. The zero-order valence-corrected chi connectivity index (χ0v) is 43.0. The van der Waals surface area contributed by atoms with Crippen LogP contribution in [0.1, 0.15) is 201 Å². The number of allylic oxidation sites excluding steroid dienone is 1. The highest BCUT2D eigenvalue weighted by Crippen LogP contribution is 2.44. The molecule has 0 saturated heterocycles. The van der Waals surface area contributed by atoms with Crippen LogP contribution in [0, 0.1) is 5.92 Å². The number of hydrogen-bond acceptors (Lipinski definition) is 8. The fourth-order valence-electron chi connectivity index (χ4n) is 7.93. The van der Waals surface area contributed by atoms with Gasteiger partial charge in [0.05, 0.1) is 5.92 Å². The number of ether oxygens (including phenoxy) is 3. The summed E-state index contributed by atoms with van der Waals surface area (Å²) in [7, 11) is 0. The van der Waals surface area contributed by atoms with Gasteiger partial charge in [-0.3, -0.25) is 14.4 Å². The predicted molar refractivity (Wildman–Crippen MR) is 261 cm³/mol. The van der Waals surface area contributed by atoms with Crippen LogP contribution in [0.2, 0.25) is 0 Å². The van der Waals surface area contributed by atoms with Gasteiger partial charge in [0.2, 0.25) is 6.29 Å². The maximum Gasteiger partial charge on any atom is 0.315 e. The molecule has 0 aliphatic carbocycles. The minimum atomic E-state index is -1.07. The number of rotatable bonds is 14. The maximum atomic E-state index is 14.4. The standard InChI is InChI=1S/C56H82O8/c1-21-22-38(27-37-32-41(53(9,10)11)48(60)42(33-37)54(12,13)14)50(61)64-49-43(55(15,16)17)30-36(31-44(49)56(18,19)20)24-26-46(58)63-34(2)62-45(57)25-23-35-28-39(51(3,4)5)47(59)40(29-35)52(6,7)8/h21,28-34,38,59-60H,1,22-27H2,2-20H3. The van der Waals surface area contributed by atoms with Crippen molar-refractivity contribution in [2.45, 2.75) is 209 Å². The van der Waals surface area contributed by atoms with Gasteiger partial charge in [-0.15, -0.1) is 6.58 Å². The molecule has 0 radical (unpaired) electrons. The lowest BCUT2D eigenvalue weighted by Crippen LogP contribution is -2.27. The largest absolute Gasteiger partial charge is 0.507 e. The third-order valence-corrected chi connectivity index (χ3v) is 11.6. The van der Waals surface area contributed by atoms with Crippen molar-refractivity contribution < 1.29 is 38.8 Å². The van der Waals surface area contributed by atoms with Gasteiger partial charge in [0.15, 0.2) is 0 Å². The van der Waals surface area contributed by atoms with Crippen molar-refractivity contribution in [3.63, 3.8) is 0 Å². The molecule has 2 N–H and O–H groups in total. The summed E-state index contributed by atoms with van der Waals surface area (Å²) in [5.74, 6) is -0.755. The summed E-state index contributed by atoms with van der Waals surface area (Å²) in [6.07, 6.45) is 2.41. The number of phenolic OH excluding ortho intramolecular Hbond substituents is 2. The minimum Gasteiger partial charge on any atom is -0.507 e. The van der Waals surface area contributed by atoms with Gasteiger partial charge < -0.3 is 24.4 Å². The summed E-state index contributed by atoms with van der Waals surface area (Å²) in [6.45, 7) is 42.7. The van der Waals surface area contributed by atoms with Gasteiger partial charge >= 0.3 is 17.9 Å². The molecule has 0 aliphatic heterocycles. The third-order valence-electron chi connectivity index (χ3n) is 11.6. The lowest BCUT2D eigenvalue weighted by Gasteiger charge is -2.31. The fraction of sp³-hybridized carbons (Fsp3) is 0.589. The molecule has 3 aromatic carbocycles. The fourth-order valence-corrected chi connectivity index (χ4v) is 7.93. The Morgan fingerprint density at radius 1 is 0.531 bits per heavy atom. The molecule has 2 atom stereocenters. The Labute approximate surface area is 386 Å². The Hall–Kier alpha value is -4.59. The molecule has 2 unspecified atom stereocenters. The Balaban J connectivity index is 1.82. The van der Waals surface area contributed by atoms with Crippen LogP contribution in [-0.2, 0) is 75.6 Å². The molecular weight excluding hydrogens is 801 g/mol. The summed E-state index contributed by atoms with van der Waals surface area (Å²) >= 11 is 0. The van der Waals surface area contributed by atoms with Crippen molar-refractivity contribution in [1.29, 1.82) is 0 Å². The Bertz CT molecular complexity index is 2060. The molecule has 0 aliphatic rings. The van der Waals surface area contributed by atoms with Gasteiger partial charge in [0, 0.05) is 30.9 Å². The Morgan fingerprint density at radius 3 is 1.12 bits per heavy atom. The topological polar surface area (TPSA) is 119 Å². The van der Waals surface area contributed by atoms with Crippen LogP contribution in [0.5, 0.6) is 17.2 Å². The first-order chi connectivity index (χ1) is 28.9. The monoisotopic (exact) mass is 883 g/mol. The van der Waals surface area contributed by atoms with Gasteiger partial charge in [-0.2, -0.15) is 0 Å². The average molecular weight is 883 g/mol. The van der Waals surface area contributed by atoms with Crippen LogP contribution in [0.3, 0.4) is 0 Å². The molecule has 0 fully saturated rings. The van der Waals surface area contributed by atoms with Gasteiger partial charge in [0.25, 0.3) is 0 Å². The summed E-state index contributed by atoms with van der Waals surface area (Å²) in [6, 6.07) is 12.0. The SMILES string of the molecule is C=CCC(Cc1cc(C(C)(C)C)c(O)c(C(C)(C)C)c1)C(=O)Oc1c(C(C)(C)C)cc(CCC(=O)OC(C)OC(=O)CCc2cc(C(C)(C)C)c(O)c(C(C)(C)C)c2)cc1C(C)(C)C. The zero-order chi connectivity index (χ0) is 49.1. The molecule has 0 amide bonds. The van der Waals surface area contributed by atoms with Crippen molar-refractivity contribution in [2.75, 3.05) is 0 Å². The third kappa shape index (κ3) is 14.5. The lowest BCUT2D eigenvalue weighted by atomic mass is 9.77. The summed E-state index contributed by atoms with van der Waals surface area (Å²) in [5, 5.41) is 22.4. The lowest BCUT2D eigenvalue weighted by molar-refractivity contribution is -0.184. The first kappa shape index (κ1) is 53.7. The number of hydrogen-bond donors (Lipinski definition) is 2. The molecule has 8 heteroatoms. The molecule has 64 heavy (non-hydrogen) atoms. The van der Waals surface area contributed by atoms with E-state index in [-0.39, 0.29) is 46.2 Å². The molecule has 3 rings (SSSR count). The van der Waals surface area contributed by atoms with E-state index >= 15 is 0 Å². The van der Waals surface area contributed by atoms with Crippen LogP contribution in [0.25, 0.3) is 0 Å². The number of phenols is 2. The zero-order valence-electron chi connectivity index (χ0n) is 43.0. The molecule has 0 heterocycles. The van der Waals surface area contributed by atoms with Gasteiger partial charge in [-0.1, -0.05) is 167 Å². The number of carbonyl (C=O) groups is 3. The smallest absolute Gasteiger partial charge is 0.315 e. The summed E-state index contributed by atoms with van der Waals surface area (Å²) in [4.78, 5) is 40.5. The van der Waals surface area contributed by atoms with Crippen LogP contribution >= 0.6 is 0 Å². The summed E-state index contributed by atoms with van der Waals surface area (Å²) in [5.41, 5.74) is 5.75. The number of aryl methyl sites for hydroxylation is 2. The van der Waals surface area contributed by atoms with E-state index < -0.39 is 35.0 Å². The molecule has 0 saturated carbocycles. The highest BCUT2D eigenvalue weighted by molar-refractivity contribution is 5.77. The molecule has 3 aromatic rings. The summed E-state index contributed by atoms with van der Waals surface area (Å²) < 4.78 is 17.6. The van der Waals surface area contributed by atoms with Crippen molar-refractivity contribution in [3.05, 3.63) is 99.1 Å². The van der Waals surface area contributed by atoms with Crippen LogP contribution in [0.4, 0.5) is 0 Å². The normalized spacial score (nSPS) is 13.9. The van der Waals surface area contributed by atoms with Gasteiger partial charge in [-0.25, -0.2) is 0 Å². The van der Waals surface area contributed by atoms with Crippen molar-refractivity contribution in [3.8, 4) is 17.2 Å². The van der Waals surface area contributed by atoms with Crippen molar-refractivity contribution >= 4 is 17.9 Å². The van der Waals surface area contributed by atoms with Gasteiger partial charge in [0.1, 0.15) is 17.2 Å². The Kier molecular flexibility index (Phi) is 16.7. The Morgan fingerprint density at radius 2 is 0.828 bits per heavy atom. The second-order valence-corrected chi connectivity index (χ2v) is 24.0. The first-order valence-corrected chi connectivity index (χ1v) is 23.1.